The van der Waals surface area contributed by atoms with Gasteiger partial charge in [-0.2, -0.15) is 13.2 Å². The van der Waals surface area contributed by atoms with Gasteiger partial charge in [0.15, 0.2) is 23.6 Å². The van der Waals surface area contributed by atoms with Crippen molar-refractivity contribution < 1.29 is 38.1 Å². The molecule has 0 aromatic rings. The van der Waals surface area contributed by atoms with E-state index in [1.54, 1.807) is 0 Å². The lowest BCUT2D eigenvalue weighted by atomic mass is 9.85. The number of carbonyl (C=O) groups excluding carboxylic acids is 1. The molecular formula is C14H18F3N7O5. The molecule has 1 spiro atoms. The number of carboxylic acid groups (broad SMARTS) is 1. The zero-order valence-electron chi connectivity index (χ0n) is 14.6. The average Bonchev–Trinajstić information content (AvgIpc) is 3.29. The maximum Gasteiger partial charge on any atom is 0.403 e. The maximum absolute atomic E-state index is 13.2. The molecule has 1 aliphatic carbocycles. The molecule has 2 fully saturated rings. The molecule has 4 atom stereocenters. The van der Waals surface area contributed by atoms with Crippen LogP contribution in [0.25, 0.3) is 0 Å². The Hall–Kier alpha value is -2.81. The molecule has 15 heteroatoms. The molecule has 4 aliphatic rings. The molecule has 160 valence electrons. The second-order valence-electron chi connectivity index (χ2n) is 7.56. The number of aliphatic carboxylic acids is 1. The van der Waals surface area contributed by atoms with Gasteiger partial charge in [0, 0.05) is 6.54 Å². The van der Waals surface area contributed by atoms with Gasteiger partial charge >= 0.3 is 12.1 Å². The first-order valence-electron chi connectivity index (χ1n) is 8.55. The van der Waals surface area contributed by atoms with Crippen LogP contribution in [0.1, 0.15) is 12.8 Å². The van der Waals surface area contributed by atoms with E-state index in [-0.39, 0.29) is 5.96 Å². The standard InChI is InChI=1S/C14H18F3N7O5/c15-14(16,17)11(1-2-11)8(27)20-4-3-24-10(19)21-5(7(25)26)6-12(24,13(4,28)29)23-9(18)22-6/h4-6,28-29H,1-3H2,(H2,19,21)(H,20,27)(H,25,26)(H3,18,22,23). The fourth-order valence-electron chi connectivity index (χ4n) is 4.25. The Labute approximate surface area is 160 Å². The summed E-state index contributed by atoms with van der Waals surface area (Å²) in [6.45, 7) is -0.472. The number of alkyl halides is 3. The maximum atomic E-state index is 13.2. The molecule has 1 saturated carbocycles. The van der Waals surface area contributed by atoms with Gasteiger partial charge in [0.05, 0.1) is 0 Å². The van der Waals surface area contributed by atoms with E-state index in [1.807, 2.05) is 5.32 Å². The van der Waals surface area contributed by atoms with E-state index < -0.39 is 78.4 Å². The number of nitrogens with zero attached hydrogens (tertiary/aromatic N) is 3. The highest BCUT2D eigenvalue weighted by Crippen LogP contribution is 2.58. The molecule has 4 unspecified atom stereocenters. The fourth-order valence-corrected chi connectivity index (χ4v) is 4.25. The van der Waals surface area contributed by atoms with Crippen molar-refractivity contribution in [2.24, 2.45) is 26.9 Å². The Balaban J connectivity index is 1.70. The van der Waals surface area contributed by atoms with E-state index >= 15 is 0 Å². The Kier molecular flexibility index (Phi) is 3.64. The predicted octanol–water partition coefficient (Wildman–Crippen LogP) is -3.43. The van der Waals surface area contributed by atoms with E-state index in [9.17, 15) is 38.1 Å². The minimum atomic E-state index is -4.80. The number of amides is 1. The predicted molar refractivity (Wildman–Crippen MR) is 87.9 cm³/mol. The van der Waals surface area contributed by atoms with Crippen LogP contribution in [0.15, 0.2) is 9.98 Å². The van der Waals surface area contributed by atoms with Crippen LogP contribution in [-0.4, -0.2) is 86.3 Å². The van der Waals surface area contributed by atoms with Crippen LogP contribution >= 0.6 is 0 Å². The van der Waals surface area contributed by atoms with E-state index in [0.29, 0.717) is 0 Å². The number of aliphatic imine (C=N–C) groups is 2. The Morgan fingerprint density at radius 2 is 1.86 bits per heavy atom. The third-order valence-corrected chi connectivity index (χ3v) is 6.00. The number of carbonyl (C=O) groups is 2. The monoisotopic (exact) mass is 421 g/mol. The second kappa shape index (κ2) is 5.41. The van der Waals surface area contributed by atoms with Gasteiger partial charge in [-0.25, -0.2) is 14.8 Å². The zero-order chi connectivity index (χ0) is 21.6. The number of rotatable bonds is 3. The lowest BCUT2D eigenvalue weighted by molar-refractivity contribution is -0.234. The van der Waals surface area contributed by atoms with Crippen LogP contribution < -0.4 is 22.1 Å². The molecular weight excluding hydrogens is 403 g/mol. The van der Waals surface area contributed by atoms with E-state index in [0.717, 1.165) is 4.90 Å². The quantitative estimate of drug-likeness (QED) is 0.227. The number of guanidine groups is 2. The number of nitrogens with two attached hydrogens (primary N) is 2. The molecule has 29 heavy (non-hydrogen) atoms. The summed E-state index contributed by atoms with van der Waals surface area (Å²) in [6.07, 6.45) is -5.64. The molecule has 0 bridgehead atoms. The number of hydrogen-bond acceptors (Lipinski definition) is 10. The van der Waals surface area contributed by atoms with Crippen LogP contribution in [0, 0.1) is 5.41 Å². The molecule has 0 radical (unpaired) electrons. The number of aliphatic hydroxyl groups is 2. The molecule has 12 nitrogen and oxygen atoms in total. The summed E-state index contributed by atoms with van der Waals surface area (Å²) >= 11 is 0. The first kappa shape index (κ1) is 19.5. The van der Waals surface area contributed by atoms with Gasteiger partial charge in [-0.05, 0) is 12.8 Å². The van der Waals surface area contributed by atoms with Crippen LogP contribution in [-0.2, 0) is 9.59 Å². The van der Waals surface area contributed by atoms with Gasteiger partial charge in [-0.1, -0.05) is 0 Å². The summed E-state index contributed by atoms with van der Waals surface area (Å²) in [5, 5.41) is 35.7. The topological polar surface area (TPSA) is 199 Å². The summed E-state index contributed by atoms with van der Waals surface area (Å²) in [4.78, 5) is 32.6. The molecule has 3 heterocycles. The number of halogens is 3. The normalized spacial score (nSPS) is 36.3. The average molecular weight is 421 g/mol. The van der Waals surface area contributed by atoms with E-state index in [2.05, 4.69) is 15.3 Å². The van der Waals surface area contributed by atoms with Crippen LogP contribution in [0.2, 0.25) is 0 Å². The van der Waals surface area contributed by atoms with Crippen LogP contribution in [0.5, 0.6) is 0 Å². The number of hydrogen-bond donors (Lipinski definition) is 7. The van der Waals surface area contributed by atoms with Gasteiger partial charge in [0.1, 0.15) is 17.5 Å². The Morgan fingerprint density at radius 1 is 1.24 bits per heavy atom. The van der Waals surface area contributed by atoms with Crippen molar-refractivity contribution in [2.75, 3.05) is 6.54 Å². The largest absolute Gasteiger partial charge is 0.480 e. The van der Waals surface area contributed by atoms with Crippen molar-refractivity contribution in [3.05, 3.63) is 0 Å². The summed E-state index contributed by atoms with van der Waals surface area (Å²) in [6, 6.07) is -4.79. The first-order valence-corrected chi connectivity index (χ1v) is 8.55. The third-order valence-electron chi connectivity index (χ3n) is 6.00. The zero-order valence-corrected chi connectivity index (χ0v) is 14.6. The minimum absolute atomic E-state index is 0.343. The molecule has 1 amide bonds. The van der Waals surface area contributed by atoms with Gasteiger partial charge in [0.25, 0.3) is 0 Å². The first-order chi connectivity index (χ1) is 13.3. The Morgan fingerprint density at radius 3 is 2.38 bits per heavy atom. The molecule has 0 aromatic carbocycles. The van der Waals surface area contributed by atoms with Gasteiger partial charge < -0.3 is 42.3 Å². The van der Waals surface area contributed by atoms with Crippen LogP contribution in [0.3, 0.4) is 0 Å². The van der Waals surface area contributed by atoms with Gasteiger partial charge in [-0.3, -0.25) is 4.79 Å². The summed E-state index contributed by atoms with van der Waals surface area (Å²) < 4.78 is 39.7. The summed E-state index contributed by atoms with van der Waals surface area (Å²) in [5.41, 5.74) is 6.69. The molecule has 4 rings (SSSR count). The highest BCUT2D eigenvalue weighted by molar-refractivity contribution is 5.92. The van der Waals surface area contributed by atoms with Crippen molar-refractivity contribution in [2.45, 2.75) is 48.6 Å². The minimum Gasteiger partial charge on any atom is -0.480 e. The Bertz CT molecular complexity index is 855. The number of carboxylic acids is 1. The van der Waals surface area contributed by atoms with Crippen molar-refractivity contribution in [3.8, 4) is 0 Å². The smallest absolute Gasteiger partial charge is 0.403 e. The van der Waals surface area contributed by atoms with E-state index in [4.69, 9.17) is 11.5 Å². The molecule has 1 saturated heterocycles. The van der Waals surface area contributed by atoms with E-state index in [1.165, 1.54) is 0 Å². The molecule has 9 N–H and O–H groups in total. The van der Waals surface area contributed by atoms with Crippen molar-refractivity contribution >= 4 is 23.8 Å². The fraction of sp³-hybridized carbons (Fsp3) is 0.714. The second-order valence-corrected chi connectivity index (χ2v) is 7.56. The molecule has 0 aromatic heterocycles. The van der Waals surface area contributed by atoms with Gasteiger partial charge in [-0.15, -0.1) is 0 Å². The van der Waals surface area contributed by atoms with Crippen molar-refractivity contribution in [1.82, 2.24) is 15.5 Å². The third kappa shape index (κ3) is 2.27. The summed E-state index contributed by atoms with van der Waals surface area (Å²) in [5.74, 6) is -6.65. The van der Waals surface area contributed by atoms with Gasteiger partial charge in [0.2, 0.25) is 11.7 Å². The van der Waals surface area contributed by atoms with Crippen LogP contribution in [0.4, 0.5) is 13.2 Å². The van der Waals surface area contributed by atoms with Crippen molar-refractivity contribution in [1.29, 1.82) is 0 Å². The molecule has 3 aliphatic heterocycles. The number of nitrogens with one attached hydrogen (secondary N) is 2. The highest BCUT2D eigenvalue weighted by atomic mass is 19.4. The SMILES string of the molecule is NC1=NC2C(C(=O)O)N=C(N)N3CC(NC(=O)C4(C(F)(F)F)CC4)C(O)(O)C23N1. The van der Waals surface area contributed by atoms with Crippen molar-refractivity contribution in [3.63, 3.8) is 0 Å². The highest BCUT2D eigenvalue weighted by Gasteiger charge is 2.75. The lowest BCUT2D eigenvalue weighted by Crippen LogP contribution is -2.78. The lowest BCUT2D eigenvalue weighted by Gasteiger charge is -2.48. The summed E-state index contributed by atoms with van der Waals surface area (Å²) in [7, 11) is 0.